The number of carbonyl (C=O) groups is 1. The van der Waals surface area contributed by atoms with Crippen LogP contribution in [0.15, 0.2) is 53.5 Å². The molecule has 0 aromatic heterocycles. The Morgan fingerprint density at radius 3 is 2.07 bits per heavy atom. The molecule has 0 spiro atoms. The van der Waals surface area contributed by atoms with Crippen LogP contribution in [-0.2, 0) is 13.1 Å². The minimum atomic E-state index is -0.0551. The Kier molecular flexibility index (Phi) is 10.8. The molecule has 0 saturated carbocycles. The van der Waals surface area contributed by atoms with Crippen molar-refractivity contribution < 1.29 is 4.79 Å². The van der Waals surface area contributed by atoms with Crippen LogP contribution in [0.25, 0.3) is 0 Å². The highest BCUT2D eigenvalue weighted by atomic mass is 127. The number of rotatable bonds is 7. The van der Waals surface area contributed by atoms with E-state index in [1.165, 1.54) is 0 Å². The second-order valence-electron chi connectivity index (χ2n) is 5.73. The minimum absolute atomic E-state index is 0. The van der Waals surface area contributed by atoms with E-state index in [4.69, 9.17) is 11.6 Å². The lowest BCUT2D eigenvalue weighted by atomic mass is 10.1. The first kappa shape index (κ1) is 23.2. The number of hydrogen-bond donors (Lipinski definition) is 3. The third-order valence-electron chi connectivity index (χ3n) is 3.69. The summed E-state index contributed by atoms with van der Waals surface area (Å²) < 4.78 is 0. The quantitative estimate of drug-likeness (QED) is 0.306. The van der Waals surface area contributed by atoms with E-state index in [1.807, 2.05) is 62.4 Å². The molecular formula is C20H26ClIN4O. The van der Waals surface area contributed by atoms with Gasteiger partial charge in [-0.2, -0.15) is 0 Å². The maximum absolute atomic E-state index is 11.8. The van der Waals surface area contributed by atoms with Crippen LogP contribution in [-0.4, -0.2) is 25.0 Å². The van der Waals surface area contributed by atoms with E-state index < -0.39 is 0 Å². The van der Waals surface area contributed by atoms with Crippen molar-refractivity contribution in [3.63, 3.8) is 0 Å². The van der Waals surface area contributed by atoms with Gasteiger partial charge < -0.3 is 16.0 Å². The molecule has 0 radical (unpaired) electrons. The van der Waals surface area contributed by atoms with E-state index in [0.717, 1.165) is 28.7 Å². The van der Waals surface area contributed by atoms with E-state index in [0.29, 0.717) is 25.2 Å². The van der Waals surface area contributed by atoms with Crippen molar-refractivity contribution in [3.8, 4) is 0 Å². The number of guanidine groups is 1. The second-order valence-corrected chi connectivity index (χ2v) is 6.17. The smallest absolute Gasteiger partial charge is 0.251 e. The summed E-state index contributed by atoms with van der Waals surface area (Å²) in [5, 5.41) is 10.1. The normalized spacial score (nSPS) is 10.7. The first-order valence-electron chi connectivity index (χ1n) is 8.76. The van der Waals surface area contributed by atoms with Gasteiger partial charge in [-0.25, -0.2) is 4.99 Å². The molecule has 2 aromatic rings. The number of aliphatic imine (C=N–C) groups is 1. The van der Waals surface area contributed by atoms with Gasteiger partial charge in [0.15, 0.2) is 5.96 Å². The van der Waals surface area contributed by atoms with Crippen molar-refractivity contribution in [2.75, 3.05) is 13.1 Å². The number of amides is 1. The maximum atomic E-state index is 11.8. The molecule has 0 fully saturated rings. The summed E-state index contributed by atoms with van der Waals surface area (Å²) in [6.07, 6.45) is 0. The predicted octanol–water partition coefficient (Wildman–Crippen LogP) is 3.96. The van der Waals surface area contributed by atoms with Gasteiger partial charge in [-0.1, -0.05) is 35.9 Å². The Labute approximate surface area is 183 Å². The largest absolute Gasteiger partial charge is 0.357 e. The summed E-state index contributed by atoms with van der Waals surface area (Å²) in [7, 11) is 0. The predicted molar refractivity (Wildman–Crippen MR) is 123 cm³/mol. The van der Waals surface area contributed by atoms with Crippen molar-refractivity contribution in [3.05, 3.63) is 70.2 Å². The van der Waals surface area contributed by atoms with Gasteiger partial charge in [0.25, 0.3) is 5.91 Å². The van der Waals surface area contributed by atoms with Crippen molar-refractivity contribution in [2.45, 2.75) is 26.9 Å². The van der Waals surface area contributed by atoms with Gasteiger partial charge in [0.1, 0.15) is 0 Å². The summed E-state index contributed by atoms with van der Waals surface area (Å²) in [6.45, 7) is 6.53. The molecule has 0 aliphatic heterocycles. The lowest BCUT2D eigenvalue weighted by Gasteiger charge is -2.11. The van der Waals surface area contributed by atoms with Gasteiger partial charge in [0, 0.05) is 30.2 Å². The Morgan fingerprint density at radius 2 is 1.48 bits per heavy atom. The molecule has 27 heavy (non-hydrogen) atoms. The summed E-state index contributed by atoms with van der Waals surface area (Å²) >= 11 is 5.91. The second kappa shape index (κ2) is 12.6. The van der Waals surface area contributed by atoms with E-state index in [2.05, 4.69) is 20.9 Å². The molecule has 7 heteroatoms. The lowest BCUT2D eigenvalue weighted by molar-refractivity contribution is 0.0956. The molecule has 1 amide bonds. The van der Waals surface area contributed by atoms with Crippen LogP contribution in [0.3, 0.4) is 0 Å². The fraction of sp³-hybridized carbons (Fsp3) is 0.300. The number of carbonyl (C=O) groups excluding carboxylic acids is 1. The van der Waals surface area contributed by atoms with Gasteiger partial charge >= 0.3 is 0 Å². The molecule has 2 rings (SSSR count). The first-order valence-corrected chi connectivity index (χ1v) is 9.14. The first-order chi connectivity index (χ1) is 12.6. The molecule has 0 heterocycles. The lowest BCUT2D eigenvalue weighted by Crippen LogP contribution is -2.36. The Morgan fingerprint density at radius 1 is 0.889 bits per heavy atom. The van der Waals surface area contributed by atoms with E-state index in [-0.39, 0.29) is 29.9 Å². The highest BCUT2D eigenvalue weighted by Gasteiger charge is 2.04. The van der Waals surface area contributed by atoms with Crippen LogP contribution in [0, 0.1) is 0 Å². The van der Waals surface area contributed by atoms with Crippen LogP contribution < -0.4 is 16.0 Å². The zero-order valence-electron chi connectivity index (χ0n) is 15.6. The SMILES string of the molecule is CCNC(=O)c1ccc(CN=C(NCC)NCc2ccc(Cl)cc2)cc1.I. The fourth-order valence-corrected chi connectivity index (χ4v) is 2.45. The molecule has 0 atom stereocenters. The number of nitrogens with zero attached hydrogens (tertiary/aromatic N) is 1. The van der Waals surface area contributed by atoms with E-state index >= 15 is 0 Å². The van der Waals surface area contributed by atoms with Crippen LogP contribution in [0.2, 0.25) is 5.02 Å². The average molecular weight is 501 g/mol. The van der Waals surface area contributed by atoms with Gasteiger partial charge in [0.2, 0.25) is 0 Å². The molecule has 5 nitrogen and oxygen atoms in total. The molecule has 146 valence electrons. The van der Waals surface area contributed by atoms with Gasteiger partial charge in [-0.3, -0.25) is 4.79 Å². The van der Waals surface area contributed by atoms with Gasteiger partial charge in [-0.15, -0.1) is 24.0 Å². The van der Waals surface area contributed by atoms with Crippen molar-refractivity contribution in [1.82, 2.24) is 16.0 Å². The van der Waals surface area contributed by atoms with Crippen molar-refractivity contribution >= 4 is 47.4 Å². The Balaban J connectivity index is 0.00000364. The fourth-order valence-electron chi connectivity index (χ4n) is 2.32. The minimum Gasteiger partial charge on any atom is -0.357 e. The number of benzene rings is 2. The van der Waals surface area contributed by atoms with Crippen molar-refractivity contribution in [2.24, 2.45) is 4.99 Å². The number of nitrogens with one attached hydrogen (secondary N) is 3. The van der Waals surface area contributed by atoms with Gasteiger partial charge in [0.05, 0.1) is 6.54 Å². The van der Waals surface area contributed by atoms with E-state index in [9.17, 15) is 4.79 Å². The molecule has 3 N–H and O–H groups in total. The van der Waals surface area contributed by atoms with Crippen LogP contribution in [0.1, 0.15) is 35.3 Å². The van der Waals surface area contributed by atoms with Gasteiger partial charge in [-0.05, 0) is 49.2 Å². The molecule has 0 bridgehead atoms. The molecule has 0 aliphatic carbocycles. The highest BCUT2D eigenvalue weighted by Crippen LogP contribution is 2.09. The zero-order valence-corrected chi connectivity index (χ0v) is 18.7. The van der Waals surface area contributed by atoms with Crippen LogP contribution >= 0.6 is 35.6 Å². The van der Waals surface area contributed by atoms with E-state index in [1.54, 1.807) is 0 Å². The third kappa shape index (κ3) is 8.17. The molecule has 2 aromatic carbocycles. The molecule has 0 saturated heterocycles. The Bertz CT molecular complexity index is 733. The highest BCUT2D eigenvalue weighted by molar-refractivity contribution is 14.0. The number of halogens is 2. The number of hydrogen-bond acceptors (Lipinski definition) is 2. The third-order valence-corrected chi connectivity index (χ3v) is 3.94. The molecule has 0 unspecified atom stereocenters. The summed E-state index contributed by atoms with van der Waals surface area (Å²) in [4.78, 5) is 16.4. The topological polar surface area (TPSA) is 65.5 Å². The summed E-state index contributed by atoms with van der Waals surface area (Å²) in [6, 6.07) is 15.2. The molecular weight excluding hydrogens is 475 g/mol. The summed E-state index contributed by atoms with van der Waals surface area (Å²) in [5.41, 5.74) is 2.83. The van der Waals surface area contributed by atoms with Crippen molar-refractivity contribution in [1.29, 1.82) is 0 Å². The van der Waals surface area contributed by atoms with Crippen LogP contribution in [0.5, 0.6) is 0 Å². The monoisotopic (exact) mass is 500 g/mol. The maximum Gasteiger partial charge on any atom is 0.251 e. The van der Waals surface area contributed by atoms with Crippen LogP contribution in [0.4, 0.5) is 0 Å². The average Bonchev–Trinajstić information content (AvgIpc) is 2.66. The summed E-state index contributed by atoms with van der Waals surface area (Å²) in [5.74, 6) is 0.691. The molecule has 0 aliphatic rings. The zero-order chi connectivity index (χ0) is 18.8. The standard InChI is InChI=1S/C20H25ClN4O.HI/c1-3-22-19(26)17-9-5-15(6-10-17)13-24-20(23-4-2)25-14-16-7-11-18(21)12-8-16;/h5-12H,3-4,13-14H2,1-2H3,(H,22,26)(H2,23,24,25);1H. The Hall–Kier alpha value is -1.80.